The molecule has 1 unspecified atom stereocenters. The molecule has 0 radical (unpaired) electrons. The van der Waals surface area contributed by atoms with Crippen LogP contribution in [-0.2, 0) is 10.8 Å². The number of nitrogens with zero attached hydrogens (tertiary/aromatic N) is 2. The highest BCUT2D eigenvalue weighted by Crippen LogP contribution is 2.54. The monoisotopic (exact) mass is 934 g/mol. The van der Waals surface area contributed by atoms with E-state index >= 15 is 0 Å². The minimum absolute atomic E-state index is 0.0214. The third kappa shape index (κ3) is 8.93. The van der Waals surface area contributed by atoms with Crippen molar-refractivity contribution in [2.75, 3.05) is 24.0 Å². The van der Waals surface area contributed by atoms with E-state index in [9.17, 15) is 0 Å². The van der Waals surface area contributed by atoms with Gasteiger partial charge in [-0.05, 0) is 176 Å². The Morgan fingerprint density at radius 1 is 0.306 bits per heavy atom. The maximum Gasteiger partial charge on any atom is 0.119 e. The van der Waals surface area contributed by atoms with E-state index in [1.807, 2.05) is 24.3 Å². The minimum atomic E-state index is -0.164. The van der Waals surface area contributed by atoms with Crippen LogP contribution < -0.4 is 19.3 Å². The fraction of sp³-hybridized carbons (Fsp3) is 0.118. The Hall–Kier alpha value is -8.60. The van der Waals surface area contributed by atoms with E-state index in [0.717, 1.165) is 52.0 Å². The Balaban J connectivity index is 0.862. The summed E-state index contributed by atoms with van der Waals surface area (Å²) >= 11 is 0. The summed E-state index contributed by atoms with van der Waals surface area (Å²) in [6.07, 6.45) is 1.03. The quantitative estimate of drug-likeness (QED) is 0.115. The number of ether oxygens (including phenoxy) is 2. The van der Waals surface area contributed by atoms with Gasteiger partial charge >= 0.3 is 0 Å². The predicted molar refractivity (Wildman–Crippen MR) is 301 cm³/mol. The summed E-state index contributed by atoms with van der Waals surface area (Å²) in [7, 11) is 3.41. The molecule has 0 amide bonds. The first kappa shape index (κ1) is 45.8. The summed E-state index contributed by atoms with van der Waals surface area (Å²) in [6, 6.07) is 89.6. The molecular weight excluding hydrogens is 877 g/mol. The van der Waals surface area contributed by atoms with Crippen molar-refractivity contribution in [3.63, 3.8) is 0 Å². The number of methoxy groups -OCH3 is 2. The van der Waals surface area contributed by atoms with Gasteiger partial charge in [0.25, 0.3) is 0 Å². The van der Waals surface area contributed by atoms with Crippen molar-refractivity contribution in [2.45, 2.75) is 38.0 Å². The number of benzene rings is 10. The molecule has 0 bridgehead atoms. The highest BCUT2D eigenvalue weighted by atomic mass is 16.5. The highest BCUT2D eigenvalue weighted by molar-refractivity contribution is 5.82. The normalized spacial score (nSPS) is 14.6. The summed E-state index contributed by atoms with van der Waals surface area (Å²) in [5, 5.41) is 0. The molecule has 0 aliphatic heterocycles. The van der Waals surface area contributed by atoms with Crippen molar-refractivity contribution in [1.29, 1.82) is 0 Å². The van der Waals surface area contributed by atoms with E-state index in [-0.39, 0.29) is 10.8 Å². The van der Waals surface area contributed by atoms with Crippen molar-refractivity contribution in [1.82, 2.24) is 0 Å². The van der Waals surface area contributed by atoms with Gasteiger partial charge in [-0.25, -0.2) is 0 Å². The van der Waals surface area contributed by atoms with Crippen molar-refractivity contribution < 1.29 is 9.47 Å². The lowest BCUT2D eigenvalue weighted by molar-refractivity contribution is 0.414. The number of rotatable bonds is 13. The van der Waals surface area contributed by atoms with Gasteiger partial charge in [0.05, 0.1) is 14.2 Å². The molecule has 11 rings (SSSR count). The minimum Gasteiger partial charge on any atom is -0.497 e. The first-order chi connectivity index (χ1) is 35.2. The Morgan fingerprint density at radius 2 is 0.597 bits per heavy atom. The molecule has 10 aromatic carbocycles. The molecule has 0 aromatic heterocycles. The van der Waals surface area contributed by atoms with E-state index in [1.54, 1.807) is 14.2 Å². The van der Waals surface area contributed by atoms with Crippen molar-refractivity contribution in [3.8, 4) is 56.0 Å². The second-order valence-corrected chi connectivity index (χ2v) is 19.7. The van der Waals surface area contributed by atoms with Gasteiger partial charge < -0.3 is 19.3 Å². The lowest BCUT2D eigenvalue weighted by Gasteiger charge is -2.29. The van der Waals surface area contributed by atoms with Crippen LogP contribution >= 0.6 is 0 Å². The average molecular weight is 935 g/mol. The van der Waals surface area contributed by atoms with Gasteiger partial charge in [0, 0.05) is 39.5 Å². The van der Waals surface area contributed by atoms with Crippen molar-refractivity contribution in [3.05, 3.63) is 265 Å². The lowest BCUT2D eigenvalue weighted by Crippen LogP contribution is -2.23. The molecule has 1 atom stereocenters. The second kappa shape index (κ2) is 19.3. The Labute approximate surface area is 425 Å². The maximum absolute atomic E-state index is 5.53. The molecule has 352 valence electrons. The lowest BCUT2D eigenvalue weighted by atomic mass is 9.74. The van der Waals surface area contributed by atoms with Gasteiger partial charge in [-0.1, -0.05) is 166 Å². The van der Waals surface area contributed by atoms with Crippen LogP contribution in [-0.4, -0.2) is 14.2 Å². The molecule has 1 aliphatic carbocycles. The number of hydrogen-bond donors (Lipinski definition) is 0. The van der Waals surface area contributed by atoms with Crippen LogP contribution in [0.5, 0.6) is 11.5 Å². The zero-order chi connectivity index (χ0) is 49.2. The van der Waals surface area contributed by atoms with Gasteiger partial charge in [-0.15, -0.1) is 0 Å². The summed E-state index contributed by atoms with van der Waals surface area (Å²) in [6.45, 7) is 7.23. The zero-order valence-electron chi connectivity index (χ0n) is 41.6. The van der Waals surface area contributed by atoms with Gasteiger partial charge in [0.1, 0.15) is 11.5 Å². The molecule has 0 saturated heterocycles. The number of anilines is 6. The largest absolute Gasteiger partial charge is 0.497 e. The molecular formula is C68H58N2O2. The van der Waals surface area contributed by atoms with E-state index in [1.165, 1.54) is 61.2 Å². The molecule has 1 aliphatic rings. The van der Waals surface area contributed by atoms with E-state index in [0.29, 0.717) is 0 Å². The third-order valence-corrected chi connectivity index (χ3v) is 14.7. The van der Waals surface area contributed by atoms with Gasteiger partial charge in [-0.3, -0.25) is 0 Å². The topological polar surface area (TPSA) is 24.9 Å². The molecule has 10 aromatic rings. The first-order valence-electron chi connectivity index (χ1n) is 24.8. The maximum atomic E-state index is 5.53. The summed E-state index contributed by atoms with van der Waals surface area (Å²) in [4.78, 5) is 4.61. The smallest absolute Gasteiger partial charge is 0.119 e. The van der Waals surface area contributed by atoms with Crippen LogP contribution in [0.25, 0.3) is 44.5 Å². The molecule has 0 heterocycles. The van der Waals surface area contributed by atoms with Gasteiger partial charge in [0.2, 0.25) is 0 Å². The van der Waals surface area contributed by atoms with Crippen LogP contribution in [0.15, 0.2) is 249 Å². The number of fused-ring (bicyclic) bond motifs is 1. The standard InChI is InChI=1S/C68H58N2O2/c1-67(2)47-68(3,56-27-16-50(17-28-56)53-22-33-59(34-23-53)69(61-37-41-63(71-4)42-38-61)57-29-18-51(19-30-57)48-12-8-6-9-13-48)66-46-55(26-45-65(66)67)54-24-35-60(36-25-54)70(62-39-43-64(72-5)44-40-62)58-31-20-52(21-32-58)49-14-10-7-11-15-49/h6-46H,47H2,1-5H3. The Bertz CT molecular complexity index is 3420. The molecule has 4 heteroatoms. The van der Waals surface area contributed by atoms with Crippen molar-refractivity contribution >= 4 is 34.1 Å². The molecule has 4 nitrogen and oxygen atoms in total. The van der Waals surface area contributed by atoms with E-state index in [2.05, 4.69) is 255 Å². The summed E-state index contributed by atoms with van der Waals surface area (Å²) in [5.41, 5.74) is 20.0. The van der Waals surface area contributed by atoms with Crippen LogP contribution in [0.2, 0.25) is 0 Å². The van der Waals surface area contributed by atoms with Crippen LogP contribution in [0, 0.1) is 0 Å². The van der Waals surface area contributed by atoms with Gasteiger partial charge in [-0.2, -0.15) is 0 Å². The fourth-order valence-electron chi connectivity index (χ4n) is 11.0. The summed E-state index contributed by atoms with van der Waals surface area (Å²) < 4.78 is 11.0. The first-order valence-corrected chi connectivity index (χ1v) is 24.8. The average Bonchev–Trinajstić information content (AvgIpc) is 3.66. The van der Waals surface area contributed by atoms with Crippen molar-refractivity contribution in [2.24, 2.45) is 0 Å². The number of hydrogen-bond acceptors (Lipinski definition) is 4. The van der Waals surface area contributed by atoms with Crippen LogP contribution in [0.4, 0.5) is 34.1 Å². The third-order valence-electron chi connectivity index (χ3n) is 14.7. The Morgan fingerprint density at radius 3 is 0.944 bits per heavy atom. The Kier molecular flexibility index (Phi) is 12.3. The van der Waals surface area contributed by atoms with Gasteiger partial charge in [0.15, 0.2) is 0 Å². The molecule has 0 fully saturated rings. The van der Waals surface area contributed by atoms with Crippen LogP contribution in [0.1, 0.15) is 43.9 Å². The second-order valence-electron chi connectivity index (χ2n) is 19.7. The van der Waals surface area contributed by atoms with E-state index < -0.39 is 0 Å². The molecule has 0 N–H and O–H groups in total. The molecule has 72 heavy (non-hydrogen) atoms. The van der Waals surface area contributed by atoms with Crippen LogP contribution in [0.3, 0.4) is 0 Å². The van der Waals surface area contributed by atoms with E-state index in [4.69, 9.17) is 9.47 Å². The predicted octanol–water partition coefficient (Wildman–Crippen LogP) is 18.3. The fourth-order valence-corrected chi connectivity index (χ4v) is 11.0. The summed E-state index contributed by atoms with van der Waals surface area (Å²) in [5.74, 6) is 1.66. The highest BCUT2D eigenvalue weighted by Gasteiger charge is 2.45. The molecule has 0 spiro atoms. The SMILES string of the molecule is COc1ccc(N(c2ccc(-c3ccccc3)cc2)c2ccc(-c3ccc(C4(C)CC(C)(C)c5ccc(-c6ccc(N(c7ccc(OC)cc7)c7ccc(-c8ccccc8)cc7)cc6)cc54)cc3)cc2)cc1. The molecule has 0 saturated carbocycles. The zero-order valence-corrected chi connectivity index (χ0v) is 41.6.